The first kappa shape index (κ1) is 22.7. The van der Waals surface area contributed by atoms with Gasteiger partial charge in [0.05, 0.1) is 24.6 Å². The highest BCUT2D eigenvalue weighted by Crippen LogP contribution is 2.28. The summed E-state index contributed by atoms with van der Waals surface area (Å²) in [7, 11) is -2.52. The molecule has 0 fully saturated rings. The molecule has 0 aliphatic carbocycles. The van der Waals surface area contributed by atoms with Crippen molar-refractivity contribution >= 4 is 44.9 Å². The summed E-state index contributed by atoms with van der Waals surface area (Å²) >= 11 is 6.16. The highest BCUT2D eigenvalue weighted by molar-refractivity contribution is 7.92. The number of amides is 1. The first-order chi connectivity index (χ1) is 13.6. The number of hydrogen-bond donors (Lipinski definition) is 1. The second kappa shape index (κ2) is 9.28. The molecule has 0 aliphatic rings. The van der Waals surface area contributed by atoms with Gasteiger partial charge in [-0.05, 0) is 49.2 Å². The van der Waals surface area contributed by atoms with Crippen LogP contribution in [-0.2, 0) is 19.6 Å². The molecule has 0 spiro atoms. The fourth-order valence-electron chi connectivity index (χ4n) is 2.85. The number of aryl methyl sites for hydroxylation is 1. The summed E-state index contributed by atoms with van der Waals surface area (Å²) in [6.07, 6.45) is 1.26. The largest absolute Gasteiger partial charge is 0.465 e. The van der Waals surface area contributed by atoms with Gasteiger partial charge in [0.15, 0.2) is 0 Å². The smallest absolute Gasteiger partial charge is 0.337 e. The Kier molecular flexibility index (Phi) is 7.26. The van der Waals surface area contributed by atoms with Crippen molar-refractivity contribution in [3.05, 3.63) is 58.6 Å². The summed E-state index contributed by atoms with van der Waals surface area (Å²) in [4.78, 5) is 24.6. The van der Waals surface area contributed by atoms with Gasteiger partial charge in [-0.15, -0.1) is 0 Å². The first-order valence-electron chi connectivity index (χ1n) is 8.83. The SMILES string of the molecule is CC[C@@H](C(=O)Nc1cccc(C(=O)OC)c1)N(c1ccc(C)c(Cl)c1)S(C)(=O)=O. The number of halogens is 1. The molecule has 0 unspecified atom stereocenters. The number of hydrogen-bond acceptors (Lipinski definition) is 5. The van der Waals surface area contributed by atoms with Crippen molar-refractivity contribution < 1.29 is 22.7 Å². The van der Waals surface area contributed by atoms with Crippen molar-refractivity contribution in [3.8, 4) is 0 Å². The number of nitrogens with zero attached hydrogens (tertiary/aromatic N) is 1. The minimum atomic E-state index is -3.78. The van der Waals surface area contributed by atoms with Gasteiger partial charge in [0.25, 0.3) is 0 Å². The third-order valence-electron chi connectivity index (χ3n) is 4.29. The molecule has 2 aromatic rings. The molecule has 1 atom stereocenters. The number of sulfonamides is 1. The van der Waals surface area contributed by atoms with Crippen LogP contribution in [0.4, 0.5) is 11.4 Å². The number of anilines is 2. The lowest BCUT2D eigenvalue weighted by Gasteiger charge is -2.30. The number of nitrogens with one attached hydrogen (secondary N) is 1. The van der Waals surface area contributed by atoms with Crippen LogP contribution in [0.5, 0.6) is 0 Å². The molecule has 0 heterocycles. The van der Waals surface area contributed by atoms with E-state index in [4.69, 9.17) is 11.6 Å². The van der Waals surface area contributed by atoms with Crippen LogP contribution >= 0.6 is 11.6 Å². The Balaban J connectivity index is 2.38. The summed E-state index contributed by atoms with van der Waals surface area (Å²) in [5.41, 5.74) is 1.71. The van der Waals surface area contributed by atoms with Crippen molar-refractivity contribution in [1.29, 1.82) is 0 Å². The minimum Gasteiger partial charge on any atom is -0.465 e. The van der Waals surface area contributed by atoms with Crippen molar-refractivity contribution in [2.45, 2.75) is 26.3 Å². The van der Waals surface area contributed by atoms with Crippen molar-refractivity contribution in [1.82, 2.24) is 0 Å². The Labute approximate surface area is 175 Å². The van der Waals surface area contributed by atoms with Gasteiger partial charge in [-0.2, -0.15) is 0 Å². The average Bonchev–Trinajstić information content (AvgIpc) is 2.66. The molecule has 2 aromatic carbocycles. The molecule has 0 saturated carbocycles. The molecule has 7 nitrogen and oxygen atoms in total. The maximum atomic E-state index is 12.9. The van der Waals surface area contributed by atoms with Crippen LogP contribution in [-0.4, -0.2) is 39.7 Å². The quantitative estimate of drug-likeness (QED) is 0.666. The summed E-state index contributed by atoms with van der Waals surface area (Å²) in [6.45, 7) is 3.51. The van der Waals surface area contributed by atoms with Crippen LogP contribution in [0.3, 0.4) is 0 Å². The van der Waals surface area contributed by atoms with Gasteiger partial charge >= 0.3 is 5.97 Å². The summed E-state index contributed by atoms with van der Waals surface area (Å²) in [5.74, 6) is -1.07. The van der Waals surface area contributed by atoms with Crippen LogP contribution in [0, 0.1) is 6.92 Å². The number of ether oxygens (including phenoxy) is 1. The standard InChI is InChI=1S/C20H23ClN2O5S/c1-5-18(19(24)22-15-8-6-7-14(11-15)20(25)28-3)23(29(4,26)27)16-10-9-13(2)17(21)12-16/h6-12,18H,5H2,1-4H3,(H,22,24)/t18-/m0/s1. The lowest BCUT2D eigenvalue weighted by Crippen LogP contribution is -2.47. The third kappa shape index (κ3) is 5.48. The van der Waals surface area contributed by atoms with E-state index in [0.29, 0.717) is 16.4 Å². The van der Waals surface area contributed by atoms with E-state index in [0.717, 1.165) is 16.1 Å². The van der Waals surface area contributed by atoms with Crippen LogP contribution in [0.15, 0.2) is 42.5 Å². The van der Waals surface area contributed by atoms with E-state index >= 15 is 0 Å². The molecule has 0 radical (unpaired) electrons. The van der Waals surface area contributed by atoms with Crippen LogP contribution < -0.4 is 9.62 Å². The Bertz CT molecular complexity index is 1020. The Hall–Kier alpha value is -2.58. The van der Waals surface area contributed by atoms with Crippen molar-refractivity contribution in [2.75, 3.05) is 23.0 Å². The predicted octanol–water partition coefficient (Wildman–Crippen LogP) is 3.62. The Morgan fingerprint density at radius 2 is 1.90 bits per heavy atom. The van der Waals surface area contributed by atoms with Gasteiger partial charge in [-0.3, -0.25) is 9.10 Å². The number of carbonyl (C=O) groups excluding carboxylic acids is 2. The molecule has 1 amide bonds. The lowest BCUT2D eigenvalue weighted by atomic mass is 10.1. The van der Waals surface area contributed by atoms with E-state index in [9.17, 15) is 18.0 Å². The first-order valence-corrected chi connectivity index (χ1v) is 11.1. The Morgan fingerprint density at radius 3 is 2.45 bits per heavy atom. The van der Waals surface area contributed by atoms with Gasteiger partial charge in [-0.25, -0.2) is 13.2 Å². The average molecular weight is 439 g/mol. The summed E-state index contributed by atoms with van der Waals surface area (Å²) < 4.78 is 30.7. The maximum Gasteiger partial charge on any atom is 0.337 e. The van der Waals surface area contributed by atoms with E-state index in [-0.39, 0.29) is 12.0 Å². The van der Waals surface area contributed by atoms with E-state index < -0.39 is 27.9 Å². The lowest BCUT2D eigenvalue weighted by molar-refractivity contribution is -0.117. The van der Waals surface area contributed by atoms with E-state index in [1.165, 1.54) is 19.2 Å². The fourth-order valence-corrected chi connectivity index (χ4v) is 4.22. The van der Waals surface area contributed by atoms with Crippen molar-refractivity contribution in [2.24, 2.45) is 0 Å². The van der Waals surface area contributed by atoms with Gasteiger partial charge in [-0.1, -0.05) is 30.7 Å². The minimum absolute atomic E-state index is 0.223. The molecule has 0 saturated heterocycles. The summed E-state index contributed by atoms with van der Waals surface area (Å²) in [6, 6.07) is 10.0. The van der Waals surface area contributed by atoms with Gasteiger partial charge in [0.2, 0.25) is 15.9 Å². The number of benzene rings is 2. The van der Waals surface area contributed by atoms with Gasteiger partial charge < -0.3 is 10.1 Å². The number of esters is 1. The Morgan fingerprint density at radius 1 is 1.21 bits per heavy atom. The molecular weight excluding hydrogens is 416 g/mol. The molecule has 29 heavy (non-hydrogen) atoms. The maximum absolute atomic E-state index is 12.9. The zero-order valence-corrected chi connectivity index (χ0v) is 18.2. The van der Waals surface area contributed by atoms with E-state index in [1.54, 1.807) is 44.2 Å². The van der Waals surface area contributed by atoms with Crippen LogP contribution in [0.2, 0.25) is 5.02 Å². The second-order valence-electron chi connectivity index (χ2n) is 6.48. The highest BCUT2D eigenvalue weighted by Gasteiger charge is 2.32. The molecule has 0 aliphatic heterocycles. The topological polar surface area (TPSA) is 92.8 Å². The molecule has 2 rings (SSSR count). The molecule has 9 heteroatoms. The highest BCUT2D eigenvalue weighted by atomic mass is 35.5. The van der Waals surface area contributed by atoms with Crippen molar-refractivity contribution in [3.63, 3.8) is 0 Å². The van der Waals surface area contributed by atoms with Gasteiger partial charge in [0.1, 0.15) is 6.04 Å². The molecule has 156 valence electrons. The fraction of sp³-hybridized carbons (Fsp3) is 0.300. The van der Waals surface area contributed by atoms with Crippen LogP contribution in [0.25, 0.3) is 0 Å². The van der Waals surface area contributed by atoms with E-state index in [1.807, 2.05) is 0 Å². The second-order valence-corrected chi connectivity index (χ2v) is 8.74. The number of carbonyl (C=O) groups is 2. The third-order valence-corrected chi connectivity index (χ3v) is 5.88. The monoisotopic (exact) mass is 438 g/mol. The zero-order chi connectivity index (χ0) is 21.8. The molecule has 0 bridgehead atoms. The zero-order valence-electron chi connectivity index (χ0n) is 16.6. The molecule has 1 N–H and O–H groups in total. The summed E-state index contributed by atoms with van der Waals surface area (Å²) in [5, 5.41) is 3.07. The van der Waals surface area contributed by atoms with Crippen LogP contribution in [0.1, 0.15) is 29.3 Å². The predicted molar refractivity (Wildman–Crippen MR) is 114 cm³/mol. The number of methoxy groups -OCH3 is 1. The number of rotatable bonds is 7. The van der Waals surface area contributed by atoms with Gasteiger partial charge in [0, 0.05) is 10.7 Å². The van der Waals surface area contributed by atoms with E-state index in [2.05, 4.69) is 10.1 Å². The molecular formula is C20H23ClN2O5S. The normalized spacial score (nSPS) is 12.2. The molecule has 0 aromatic heterocycles.